The van der Waals surface area contributed by atoms with Gasteiger partial charge in [-0.25, -0.2) is 0 Å². The van der Waals surface area contributed by atoms with Gasteiger partial charge in [0.05, 0.1) is 12.5 Å². The lowest BCUT2D eigenvalue weighted by Crippen LogP contribution is -2.40. The number of carbonyl (C=O) groups excluding carboxylic acids is 1. The van der Waals surface area contributed by atoms with Gasteiger partial charge in [0.15, 0.2) is 5.79 Å². The van der Waals surface area contributed by atoms with E-state index in [1.165, 1.54) is 0 Å². The third-order valence-electron chi connectivity index (χ3n) is 4.13. The van der Waals surface area contributed by atoms with E-state index in [0.717, 1.165) is 0 Å². The van der Waals surface area contributed by atoms with Crippen LogP contribution in [0.5, 0.6) is 0 Å². The molecule has 7 heteroatoms. The van der Waals surface area contributed by atoms with E-state index >= 15 is 0 Å². The summed E-state index contributed by atoms with van der Waals surface area (Å²) in [6.07, 6.45) is -3.67. The van der Waals surface area contributed by atoms with Crippen LogP contribution in [0, 0.1) is 11.8 Å². The number of rotatable bonds is 3. The summed E-state index contributed by atoms with van der Waals surface area (Å²) in [5, 5.41) is 2.76. The first-order valence-electron chi connectivity index (χ1n) is 7.33. The predicted molar refractivity (Wildman–Crippen MR) is 69.4 cm³/mol. The molecule has 1 heterocycles. The second kappa shape index (κ2) is 6.12. The molecule has 4 nitrogen and oxygen atoms in total. The van der Waals surface area contributed by atoms with Crippen molar-refractivity contribution < 1.29 is 27.4 Å². The summed E-state index contributed by atoms with van der Waals surface area (Å²) >= 11 is 0. The molecule has 21 heavy (non-hydrogen) atoms. The van der Waals surface area contributed by atoms with Crippen molar-refractivity contribution in [3.8, 4) is 0 Å². The molecule has 2 rings (SSSR count). The molecule has 1 atom stereocenters. The van der Waals surface area contributed by atoms with E-state index in [1.807, 2.05) is 0 Å². The first kappa shape index (κ1) is 16.5. The average molecular weight is 309 g/mol. The lowest BCUT2D eigenvalue weighted by atomic mass is 9.81. The fraction of sp³-hybridized carbons (Fsp3) is 0.929. The molecule has 0 radical (unpaired) electrons. The quantitative estimate of drug-likeness (QED) is 0.872. The van der Waals surface area contributed by atoms with Crippen LogP contribution in [-0.4, -0.2) is 37.1 Å². The van der Waals surface area contributed by atoms with Crippen molar-refractivity contribution in [1.29, 1.82) is 0 Å². The van der Waals surface area contributed by atoms with Gasteiger partial charge in [-0.15, -0.1) is 0 Å². The van der Waals surface area contributed by atoms with E-state index in [1.54, 1.807) is 13.8 Å². The monoisotopic (exact) mass is 309 g/mol. The van der Waals surface area contributed by atoms with Gasteiger partial charge in [0.2, 0.25) is 5.91 Å². The standard InChI is InChI=1S/C14H22F3NO3/c1-13(2)20-8-11(21-13)7-18-12(19)9-3-5-10(6-4-9)14(15,16)17/h9-11H,3-8H2,1-2H3,(H,18,19). The highest BCUT2D eigenvalue weighted by Gasteiger charge is 2.42. The molecule has 2 fully saturated rings. The summed E-state index contributed by atoms with van der Waals surface area (Å²) in [7, 11) is 0. The second-order valence-electron chi connectivity index (χ2n) is 6.29. The van der Waals surface area contributed by atoms with Crippen molar-refractivity contribution in [1.82, 2.24) is 5.32 Å². The topological polar surface area (TPSA) is 47.6 Å². The first-order valence-corrected chi connectivity index (χ1v) is 7.33. The maximum Gasteiger partial charge on any atom is 0.391 e. The van der Waals surface area contributed by atoms with Crippen LogP contribution in [0.1, 0.15) is 39.5 Å². The Hall–Kier alpha value is -0.820. The van der Waals surface area contributed by atoms with E-state index in [0.29, 0.717) is 26.0 Å². The molecule has 1 aliphatic carbocycles. The number of carbonyl (C=O) groups is 1. The van der Waals surface area contributed by atoms with Gasteiger partial charge >= 0.3 is 6.18 Å². The van der Waals surface area contributed by atoms with E-state index in [2.05, 4.69) is 5.32 Å². The number of alkyl halides is 3. The molecule has 1 saturated heterocycles. The number of ether oxygens (including phenoxy) is 2. The Bertz CT molecular complexity index is 376. The van der Waals surface area contributed by atoms with Crippen LogP contribution >= 0.6 is 0 Å². The Kier molecular flexibility index (Phi) is 4.82. The van der Waals surface area contributed by atoms with Crippen molar-refractivity contribution >= 4 is 5.91 Å². The zero-order valence-corrected chi connectivity index (χ0v) is 12.3. The lowest BCUT2D eigenvalue weighted by Gasteiger charge is -2.29. The molecule has 1 unspecified atom stereocenters. The second-order valence-corrected chi connectivity index (χ2v) is 6.29. The van der Waals surface area contributed by atoms with E-state index in [-0.39, 0.29) is 30.8 Å². The molecule has 1 amide bonds. The maximum atomic E-state index is 12.6. The van der Waals surface area contributed by atoms with Crippen LogP contribution in [0.15, 0.2) is 0 Å². The number of halogens is 3. The number of amides is 1. The molecule has 0 aromatic carbocycles. The van der Waals surface area contributed by atoms with Crippen LogP contribution < -0.4 is 5.32 Å². The summed E-state index contributed by atoms with van der Waals surface area (Å²) in [6.45, 7) is 4.34. The first-order chi connectivity index (χ1) is 9.67. The molecule has 0 aromatic rings. The Morgan fingerprint density at radius 3 is 2.33 bits per heavy atom. The molecule has 0 aromatic heterocycles. The highest BCUT2D eigenvalue weighted by Crippen LogP contribution is 2.39. The van der Waals surface area contributed by atoms with Gasteiger partial charge in [0.25, 0.3) is 0 Å². The van der Waals surface area contributed by atoms with Gasteiger partial charge in [-0.3, -0.25) is 4.79 Å². The summed E-state index contributed by atoms with van der Waals surface area (Å²) < 4.78 is 48.6. The largest absolute Gasteiger partial charge is 0.391 e. The zero-order chi connectivity index (χ0) is 15.7. The smallest absolute Gasteiger partial charge is 0.353 e. The number of hydrogen-bond donors (Lipinski definition) is 1. The maximum absolute atomic E-state index is 12.6. The van der Waals surface area contributed by atoms with Crippen molar-refractivity contribution in [3.05, 3.63) is 0 Å². The third-order valence-corrected chi connectivity index (χ3v) is 4.13. The van der Waals surface area contributed by atoms with Crippen LogP contribution in [0.3, 0.4) is 0 Å². The minimum absolute atomic E-state index is 0.0393. The Morgan fingerprint density at radius 1 is 1.24 bits per heavy atom. The molecular weight excluding hydrogens is 287 g/mol. The molecule has 2 aliphatic rings. The Balaban J connectivity index is 1.71. The zero-order valence-electron chi connectivity index (χ0n) is 12.3. The highest BCUT2D eigenvalue weighted by molar-refractivity contribution is 5.78. The van der Waals surface area contributed by atoms with E-state index < -0.39 is 17.9 Å². The SMILES string of the molecule is CC1(C)OCC(CNC(=O)C2CCC(C(F)(F)F)CC2)O1. The molecular formula is C14H22F3NO3. The van der Waals surface area contributed by atoms with Gasteiger partial charge in [-0.1, -0.05) is 0 Å². The van der Waals surface area contributed by atoms with Crippen LogP contribution in [0.2, 0.25) is 0 Å². The summed E-state index contributed by atoms with van der Waals surface area (Å²) in [5.74, 6) is -2.39. The fourth-order valence-electron chi connectivity index (χ4n) is 2.91. The van der Waals surface area contributed by atoms with Crippen LogP contribution in [0.25, 0.3) is 0 Å². The normalized spacial score (nSPS) is 32.9. The summed E-state index contributed by atoms with van der Waals surface area (Å²) in [4.78, 5) is 12.0. The van der Waals surface area contributed by atoms with Crippen molar-refractivity contribution in [2.24, 2.45) is 11.8 Å². The Morgan fingerprint density at radius 2 is 1.86 bits per heavy atom. The molecule has 122 valence electrons. The highest BCUT2D eigenvalue weighted by atomic mass is 19.4. The van der Waals surface area contributed by atoms with Crippen molar-refractivity contribution in [3.63, 3.8) is 0 Å². The predicted octanol–water partition coefficient (Wildman–Crippen LogP) is 2.62. The number of hydrogen-bond acceptors (Lipinski definition) is 3. The van der Waals surface area contributed by atoms with Crippen LogP contribution in [0.4, 0.5) is 13.2 Å². The fourth-order valence-corrected chi connectivity index (χ4v) is 2.91. The molecule has 1 N–H and O–H groups in total. The van der Waals surface area contributed by atoms with Gasteiger partial charge in [-0.05, 0) is 39.5 Å². The molecule has 1 saturated carbocycles. The summed E-state index contributed by atoms with van der Waals surface area (Å²) in [6, 6.07) is 0. The lowest BCUT2D eigenvalue weighted by molar-refractivity contribution is -0.184. The minimum Gasteiger partial charge on any atom is -0.353 e. The molecule has 1 aliphatic heterocycles. The minimum atomic E-state index is -4.14. The average Bonchev–Trinajstić information content (AvgIpc) is 2.75. The van der Waals surface area contributed by atoms with E-state index in [4.69, 9.17) is 9.47 Å². The van der Waals surface area contributed by atoms with Crippen LogP contribution in [-0.2, 0) is 14.3 Å². The van der Waals surface area contributed by atoms with Crippen molar-refractivity contribution in [2.75, 3.05) is 13.2 Å². The van der Waals surface area contributed by atoms with E-state index in [9.17, 15) is 18.0 Å². The van der Waals surface area contributed by atoms with Gasteiger partial charge in [0, 0.05) is 12.5 Å². The number of nitrogens with one attached hydrogen (secondary N) is 1. The van der Waals surface area contributed by atoms with Gasteiger partial charge < -0.3 is 14.8 Å². The molecule has 0 spiro atoms. The van der Waals surface area contributed by atoms with Gasteiger partial charge in [0.1, 0.15) is 6.10 Å². The van der Waals surface area contributed by atoms with Gasteiger partial charge in [-0.2, -0.15) is 13.2 Å². The summed E-state index contributed by atoms with van der Waals surface area (Å²) in [5.41, 5.74) is 0. The van der Waals surface area contributed by atoms with Crippen molar-refractivity contribution in [2.45, 2.75) is 57.6 Å². The Labute approximate surface area is 122 Å². The molecule has 0 bridgehead atoms. The third kappa shape index (κ3) is 4.57.